The molecule has 0 aliphatic heterocycles. The first-order chi connectivity index (χ1) is 17.5. The summed E-state index contributed by atoms with van der Waals surface area (Å²) in [4.78, 5) is 30.8. The number of hydrogen-bond acceptors (Lipinski definition) is 6. The molecule has 1 aliphatic rings. The molecule has 0 unspecified atom stereocenters. The highest BCUT2D eigenvalue weighted by atomic mass is 79.9. The van der Waals surface area contributed by atoms with Crippen LogP contribution in [0.4, 0.5) is 5.82 Å². The molecule has 0 spiro atoms. The number of nitrogen functional groups attached to an aromatic ring is 1. The number of anilines is 1. The van der Waals surface area contributed by atoms with Gasteiger partial charge in [0.1, 0.15) is 15.9 Å². The lowest BCUT2D eigenvalue weighted by Gasteiger charge is -2.16. The van der Waals surface area contributed by atoms with E-state index < -0.39 is 0 Å². The summed E-state index contributed by atoms with van der Waals surface area (Å²) in [5, 5.41) is 3.17. The van der Waals surface area contributed by atoms with Crippen LogP contribution in [0.25, 0.3) is 28.2 Å². The molecular formula is C27H22BrN7O. The van der Waals surface area contributed by atoms with Crippen molar-refractivity contribution >= 4 is 38.8 Å². The highest BCUT2D eigenvalue weighted by Gasteiger charge is 2.26. The molecule has 5 aromatic rings. The van der Waals surface area contributed by atoms with Crippen LogP contribution >= 0.6 is 15.9 Å². The predicted octanol–water partition coefficient (Wildman–Crippen LogP) is 4.95. The molecule has 1 aromatic carbocycles. The number of nitrogens with zero attached hydrogens (tertiary/aromatic N) is 5. The number of amides is 1. The lowest BCUT2D eigenvalue weighted by molar-refractivity contribution is 0.0936. The molecule has 3 N–H and O–H groups in total. The number of halogens is 1. The van der Waals surface area contributed by atoms with E-state index in [1.807, 2.05) is 47.9 Å². The molecule has 1 atom stereocenters. The quantitative estimate of drug-likeness (QED) is 0.312. The lowest BCUT2D eigenvalue weighted by atomic mass is 10.1. The third kappa shape index (κ3) is 3.91. The van der Waals surface area contributed by atoms with Crippen molar-refractivity contribution in [3.63, 3.8) is 0 Å². The predicted molar refractivity (Wildman–Crippen MR) is 142 cm³/mol. The number of aryl methyl sites for hydroxylation is 2. The fourth-order valence-corrected chi connectivity index (χ4v) is 5.00. The molecule has 1 amide bonds. The molecule has 0 saturated heterocycles. The number of benzene rings is 1. The van der Waals surface area contributed by atoms with E-state index in [2.05, 4.69) is 43.3 Å². The van der Waals surface area contributed by atoms with E-state index in [-0.39, 0.29) is 11.9 Å². The van der Waals surface area contributed by atoms with Crippen molar-refractivity contribution in [2.45, 2.75) is 25.8 Å². The van der Waals surface area contributed by atoms with Gasteiger partial charge in [-0.1, -0.05) is 6.07 Å². The fourth-order valence-electron chi connectivity index (χ4n) is 4.70. The maximum Gasteiger partial charge on any atom is 0.253 e. The molecule has 8 nitrogen and oxygen atoms in total. The van der Waals surface area contributed by atoms with Gasteiger partial charge in [-0.3, -0.25) is 14.3 Å². The zero-order chi connectivity index (χ0) is 24.8. The number of aromatic nitrogens is 5. The number of rotatable bonds is 4. The van der Waals surface area contributed by atoms with Crippen LogP contribution in [-0.4, -0.2) is 30.4 Å². The number of hydrogen-bond donors (Lipinski definition) is 2. The van der Waals surface area contributed by atoms with Gasteiger partial charge in [0.15, 0.2) is 11.5 Å². The van der Waals surface area contributed by atoms with Crippen molar-refractivity contribution in [1.82, 2.24) is 29.8 Å². The molecule has 0 bridgehead atoms. The maximum absolute atomic E-state index is 12.8. The highest BCUT2D eigenvalue weighted by molar-refractivity contribution is 9.10. The van der Waals surface area contributed by atoms with Gasteiger partial charge in [-0.15, -0.1) is 0 Å². The first kappa shape index (κ1) is 22.4. The second kappa shape index (κ2) is 8.83. The smallest absolute Gasteiger partial charge is 0.253 e. The summed E-state index contributed by atoms with van der Waals surface area (Å²) >= 11 is 3.49. The number of nitrogens with one attached hydrogen (secondary N) is 1. The standard InChI is InChI=1S/C27H22BrN7O/c1-15-4-5-17(14-31-15)27(36)33-21-9-6-16-13-18(7-8-19(16)21)35-25(20-3-2-12-30-24(20)29)32-22-10-11-23(28)34-26(22)35/h2-5,7-8,10-14,21H,6,9H2,1H3,(H2,29,30)(H,33,36)/t21-/m0/s1. The lowest BCUT2D eigenvalue weighted by Crippen LogP contribution is -2.27. The van der Waals surface area contributed by atoms with Gasteiger partial charge < -0.3 is 11.1 Å². The van der Waals surface area contributed by atoms with E-state index in [4.69, 9.17) is 15.7 Å². The minimum Gasteiger partial charge on any atom is -0.383 e. The molecule has 6 rings (SSSR count). The number of fused-ring (bicyclic) bond motifs is 2. The van der Waals surface area contributed by atoms with Gasteiger partial charge in [0, 0.05) is 23.8 Å². The Morgan fingerprint density at radius 3 is 2.81 bits per heavy atom. The minimum atomic E-state index is -0.117. The van der Waals surface area contributed by atoms with Crippen molar-refractivity contribution in [3.05, 3.63) is 94.0 Å². The third-order valence-electron chi connectivity index (χ3n) is 6.49. The summed E-state index contributed by atoms with van der Waals surface area (Å²) in [5.74, 6) is 0.965. The molecule has 178 valence electrons. The molecule has 0 saturated carbocycles. The second-order valence-electron chi connectivity index (χ2n) is 8.82. The second-order valence-corrected chi connectivity index (χ2v) is 9.63. The van der Waals surface area contributed by atoms with Gasteiger partial charge in [-0.25, -0.2) is 15.0 Å². The monoisotopic (exact) mass is 539 g/mol. The van der Waals surface area contributed by atoms with Crippen LogP contribution in [0.1, 0.15) is 39.6 Å². The molecule has 1 aliphatic carbocycles. The molecule has 9 heteroatoms. The van der Waals surface area contributed by atoms with Crippen LogP contribution in [0.15, 0.2) is 71.6 Å². The number of nitrogens with two attached hydrogens (primary N) is 1. The third-order valence-corrected chi connectivity index (χ3v) is 6.93. The average molecular weight is 540 g/mol. The number of imidazole rings is 1. The Morgan fingerprint density at radius 1 is 1.11 bits per heavy atom. The van der Waals surface area contributed by atoms with E-state index in [1.165, 1.54) is 5.56 Å². The summed E-state index contributed by atoms with van der Waals surface area (Å²) in [6.45, 7) is 1.90. The Morgan fingerprint density at radius 2 is 2.00 bits per heavy atom. The minimum absolute atomic E-state index is 0.0527. The topological polar surface area (TPSA) is 112 Å². The van der Waals surface area contributed by atoms with E-state index in [9.17, 15) is 4.79 Å². The van der Waals surface area contributed by atoms with Crippen molar-refractivity contribution in [3.8, 4) is 17.1 Å². The van der Waals surface area contributed by atoms with Crippen LogP contribution in [0, 0.1) is 6.92 Å². The Labute approximate surface area is 215 Å². The maximum atomic E-state index is 12.8. The van der Waals surface area contributed by atoms with Crippen molar-refractivity contribution in [2.75, 3.05) is 5.73 Å². The Balaban J connectivity index is 1.39. The largest absolute Gasteiger partial charge is 0.383 e. The molecule has 4 aromatic heterocycles. The Kier molecular flexibility index (Phi) is 5.49. The normalized spacial score (nSPS) is 14.7. The van der Waals surface area contributed by atoms with Crippen LogP contribution in [-0.2, 0) is 6.42 Å². The van der Waals surface area contributed by atoms with E-state index in [1.54, 1.807) is 18.5 Å². The summed E-state index contributed by atoms with van der Waals surface area (Å²) in [6.07, 6.45) is 4.97. The molecule has 4 heterocycles. The zero-order valence-electron chi connectivity index (χ0n) is 19.4. The van der Waals surface area contributed by atoms with Crippen LogP contribution in [0.5, 0.6) is 0 Å². The van der Waals surface area contributed by atoms with E-state index >= 15 is 0 Å². The summed E-state index contributed by atoms with van der Waals surface area (Å²) < 4.78 is 2.73. The Hall–Kier alpha value is -4.11. The van der Waals surface area contributed by atoms with Gasteiger partial charge in [0.25, 0.3) is 5.91 Å². The van der Waals surface area contributed by atoms with E-state index in [0.717, 1.165) is 51.1 Å². The van der Waals surface area contributed by atoms with E-state index in [0.29, 0.717) is 17.2 Å². The molecule has 36 heavy (non-hydrogen) atoms. The fraction of sp³-hybridized carbons (Fsp3) is 0.148. The van der Waals surface area contributed by atoms with Gasteiger partial charge >= 0.3 is 0 Å². The van der Waals surface area contributed by atoms with Gasteiger partial charge in [0.2, 0.25) is 0 Å². The Bertz CT molecular complexity index is 1630. The SMILES string of the molecule is Cc1ccc(C(=O)N[C@H]2CCc3cc(-n4c(-c5cccnc5N)nc5ccc(Br)nc54)ccc32)cn1. The molecular weight excluding hydrogens is 518 g/mol. The average Bonchev–Trinajstić information content (AvgIpc) is 3.45. The highest BCUT2D eigenvalue weighted by Crippen LogP contribution is 2.36. The number of carbonyl (C=O) groups excluding carboxylic acids is 1. The van der Waals surface area contributed by atoms with Crippen LogP contribution in [0.3, 0.4) is 0 Å². The van der Waals surface area contributed by atoms with Crippen LogP contribution in [0.2, 0.25) is 0 Å². The van der Waals surface area contributed by atoms with Gasteiger partial charge in [-0.05, 0) is 95.4 Å². The van der Waals surface area contributed by atoms with Crippen molar-refractivity contribution in [1.29, 1.82) is 0 Å². The molecule has 0 radical (unpaired) electrons. The number of carbonyl (C=O) groups is 1. The summed E-state index contributed by atoms with van der Waals surface area (Å²) in [6, 6.07) is 17.4. The molecule has 0 fully saturated rings. The summed E-state index contributed by atoms with van der Waals surface area (Å²) in [5.41, 5.74) is 13.1. The first-order valence-electron chi connectivity index (χ1n) is 11.6. The van der Waals surface area contributed by atoms with Gasteiger partial charge in [-0.2, -0.15) is 0 Å². The zero-order valence-corrected chi connectivity index (χ0v) is 21.0. The van der Waals surface area contributed by atoms with Crippen molar-refractivity contribution < 1.29 is 4.79 Å². The number of pyridine rings is 3. The first-order valence-corrected chi connectivity index (χ1v) is 12.4. The van der Waals surface area contributed by atoms with Crippen molar-refractivity contribution in [2.24, 2.45) is 0 Å². The van der Waals surface area contributed by atoms with Gasteiger partial charge in [0.05, 0.1) is 17.2 Å². The summed E-state index contributed by atoms with van der Waals surface area (Å²) in [7, 11) is 0. The van der Waals surface area contributed by atoms with Crippen LogP contribution < -0.4 is 11.1 Å².